The number of benzene rings is 2. The van der Waals surface area contributed by atoms with E-state index in [0.29, 0.717) is 18.0 Å². The highest BCUT2D eigenvalue weighted by molar-refractivity contribution is 6.30. The fourth-order valence-corrected chi connectivity index (χ4v) is 3.20. The second-order valence-corrected chi connectivity index (χ2v) is 6.40. The van der Waals surface area contributed by atoms with Gasteiger partial charge in [0.1, 0.15) is 6.10 Å². The standard InChI is InChI=1S/C19H21ClN2O2.ClH/c20-15-8-4-7-14(11-15)18(13-5-2-1-3-6-13)22-19(23)17-10-9-16(12-21)24-17;/h1-8,11,16-18H,9-10,12,21H2,(H,22,23);1H/t16-,17+,18?;/m1./s1. The Morgan fingerprint density at radius 2 is 1.88 bits per heavy atom. The zero-order valence-corrected chi connectivity index (χ0v) is 15.3. The summed E-state index contributed by atoms with van der Waals surface area (Å²) in [5.74, 6) is -0.111. The van der Waals surface area contributed by atoms with Crippen LogP contribution in [0, 0.1) is 0 Å². The van der Waals surface area contributed by atoms with Crippen LogP contribution >= 0.6 is 24.0 Å². The highest BCUT2D eigenvalue weighted by atomic mass is 35.5. The summed E-state index contributed by atoms with van der Waals surface area (Å²) in [4.78, 5) is 12.6. The number of amides is 1. The molecule has 1 amide bonds. The number of hydrogen-bond donors (Lipinski definition) is 2. The van der Waals surface area contributed by atoms with Gasteiger partial charge in [-0.3, -0.25) is 4.79 Å². The molecule has 0 radical (unpaired) electrons. The molecule has 0 bridgehead atoms. The first-order chi connectivity index (χ1) is 11.7. The van der Waals surface area contributed by atoms with Crippen LogP contribution in [0.5, 0.6) is 0 Å². The van der Waals surface area contributed by atoms with Gasteiger partial charge in [-0.2, -0.15) is 0 Å². The lowest BCUT2D eigenvalue weighted by Crippen LogP contribution is -2.38. The molecule has 2 aromatic rings. The van der Waals surface area contributed by atoms with Gasteiger partial charge in [0.2, 0.25) is 5.91 Å². The second kappa shape index (κ2) is 9.20. The number of nitrogens with two attached hydrogens (primary N) is 1. The van der Waals surface area contributed by atoms with Crippen molar-refractivity contribution in [3.05, 3.63) is 70.7 Å². The highest BCUT2D eigenvalue weighted by Gasteiger charge is 2.31. The molecule has 2 aromatic carbocycles. The molecule has 3 atom stereocenters. The van der Waals surface area contributed by atoms with E-state index in [1.54, 1.807) is 0 Å². The van der Waals surface area contributed by atoms with Crippen LogP contribution in [0.4, 0.5) is 0 Å². The number of hydrogen-bond acceptors (Lipinski definition) is 3. The number of ether oxygens (including phenoxy) is 1. The predicted octanol–water partition coefficient (Wildman–Crippen LogP) is 3.47. The molecule has 1 aliphatic rings. The number of carbonyl (C=O) groups excluding carboxylic acids is 1. The molecule has 0 spiro atoms. The largest absolute Gasteiger partial charge is 0.364 e. The summed E-state index contributed by atoms with van der Waals surface area (Å²) in [6.07, 6.45) is 1.05. The van der Waals surface area contributed by atoms with Gasteiger partial charge in [-0.25, -0.2) is 0 Å². The van der Waals surface area contributed by atoms with Crippen molar-refractivity contribution in [3.8, 4) is 0 Å². The molecule has 0 saturated carbocycles. The third-order valence-corrected chi connectivity index (χ3v) is 4.50. The lowest BCUT2D eigenvalue weighted by atomic mass is 9.98. The van der Waals surface area contributed by atoms with Crippen molar-refractivity contribution in [2.24, 2.45) is 5.73 Å². The van der Waals surface area contributed by atoms with Crippen LogP contribution in [0.3, 0.4) is 0 Å². The Kier molecular flexibility index (Phi) is 7.26. The van der Waals surface area contributed by atoms with Gasteiger partial charge in [-0.05, 0) is 36.1 Å². The summed E-state index contributed by atoms with van der Waals surface area (Å²) in [6, 6.07) is 17.1. The van der Waals surface area contributed by atoms with Crippen molar-refractivity contribution in [2.45, 2.75) is 31.1 Å². The smallest absolute Gasteiger partial charge is 0.249 e. The first kappa shape index (κ1) is 19.7. The van der Waals surface area contributed by atoms with Gasteiger partial charge in [0.05, 0.1) is 12.1 Å². The van der Waals surface area contributed by atoms with Gasteiger partial charge in [0.25, 0.3) is 0 Å². The Labute approximate surface area is 159 Å². The van der Waals surface area contributed by atoms with Gasteiger partial charge >= 0.3 is 0 Å². The van der Waals surface area contributed by atoms with Crippen LogP contribution < -0.4 is 11.1 Å². The van der Waals surface area contributed by atoms with Crippen LogP contribution in [0.15, 0.2) is 54.6 Å². The van der Waals surface area contributed by atoms with Crippen molar-refractivity contribution in [3.63, 3.8) is 0 Å². The first-order valence-corrected chi connectivity index (χ1v) is 8.51. The molecule has 1 fully saturated rings. The highest BCUT2D eigenvalue weighted by Crippen LogP contribution is 2.26. The third kappa shape index (κ3) is 4.95. The molecule has 0 aliphatic carbocycles. The van der Waals surface area contributed by atoms with Gasteiger partial charge in [-0.1, -0.05) is 54.1 Å². The Bertz CT molecular complexity index is 697. The maximum Gasteiger partial charge on any atom is 0.249 e. The summed E-state index contributed by atoms with van der Waals surface area (Å²) >= 11 is 6.13. The van der Waals surface area contributed by atoms with E-state index in [-0.39, 0.29) is 30.5 Å². The van der Waals surface area contributed by atoms with E-state index >= 15 is 0 Å². The quantitative estimate of drug-likeness (QED) is 0.834. The first-order valence-electron chi connectivity index (χ1n) is 8.13. The van der Waals surface area contributed by atoms with Gasteiger partial charge in [0, 0.05) is 11.6 Å². The lowest BCUT2D eigenvalue weighted by molar-refractivity contribution is -0.132. The molecule has 1 saturated heterocycles. The number of nitrogens with one attached hydrogen (secondary N) is 1. The van der Waals surface area contributed by atoms with Crippen LogP contribution in [0.2, 0.25) is 5.02 Å². The fourth-order valence-electron chi connectivity index (χ4n) is 3.00. The normalized spacial score (nSPS) is 20.6. The van der Waals surface area contributed by atoms with Crippen LogP contribution in [0.1, 0.15) is 30.0 Å². The third-order valence-electron chi connectivity index (χ3n) is 4.26. The van der Waals surface area contributed by atoms with Crippen LogP contribution in [0.25, 0.3) is 0 Å². The molecule has 134 valence electrons. The Hall–Kier alpha value is -1.59. The maximum atomic E-state index is 12.6. The number of rotatable bonds is 5. The molecule has 4 nitrogen and oxygen atoms in total. The van der Waals surface area contributed by atoms with E-state index in [0.717, 1.165) is 17.5 Å². The van der Waals surface area contributed by atoms with E-state index < -0.39 is 6.10 Å². The molecule has 3 N–H and O–H groups in total. The maximum absolute atomic E-state index is 12.6. The molecular formula is C19H22Cl2N2O2. The van der Waals surface area contributed by atoms with Crippen molar-refractivity contribution in [2.75, 3.05) is 6.54 Å². The van der Waals surface area contributed by atoms with Crippen LogP contribution in [-0.2, 0) is 9.53 Å². The monoisotopic (exact) mass is 380 g/mol. The molecular weight excluding hydrogens is 359 g/mol. The average Bonchev–Trinajstić information content (AvgIpc) is 3.09. The minimum absolute atomic E-state index is 0. The van der Waals surface area contributed by atoms with E-state index in [9.17, 15) is 4.79 Å². The topological polar surface area (TPSA) is 64.4 Å². The van der Waals surface area contributed by atoms with E-state index in [1.807, 2.05) is 54.6 Å². The van der Waals surface area contributed by atoms with E-state index in [2.05, 4.69) is 5.32 Å². The van der Waals surface area contributed by atoms with Gasteiger partial charge < -0.3 is 15.8 Å². The Balaban J connectivity index is 0.00000225. The minimum atomic E-state index is -0.441. The van der Waals surface area contributed by atoms with Crippen LogP contribution in [-0.4, -0.2) is 24.7 Å². The predicted molar refractivity (Wildman–Crippen MR) is 102 cm³/mol. The molecule has 25 heavy (non-hydrogen) atoms. The Morgan fingerprint density at radius 1 is 1.16 bits per heavy atom. The van der Waals surface area contributed by atoms with E-state index in [4.69, 9.17) is 22.1 Å². The minimum Gasteiger partial charge on any atom is -0.364 e. The number of carbonyl (C=O) groups is 1. The second-order valence-electron chi connectivity index (χ2n) is 5.97. The van der Waals surface area contributed by atoms with Gasteiger partial charge in [-0.15, -0.1) is 12.4 Å². The summed E-state index contributed by atoms with van der Waals surface area (Å²) in [6.45, 7) is 0.445. The molecule has 1 heterocycles. The summed E-state index contributed by atoms with van der Waals surface area (Å²) in [5.41, 5.74) is 7.57. The molecule has 3 rings (SSSR count). The average molecular weight is 381 g/mol. The SMILES string of the molecule is Cl.NC[C@H]1CC[C@@H](C(=O)NC(c2ccccc2)c2cccc(Cl)c2)O1. The summed E-state index contributed by atoms with van der Waals surface area (Å²) in [7, 11) is 0. The zero-order chi connectivity index (χ0) is 16.9. The molecule has 1 aliphatic heterocycles. The lowest BCUT2D eigenvalue weighted by Gasteiger charge is -2.22. The van der Waals surface area contributed by atoms with Gasteiger partial charge in [0.15, 0.2) is 0 Å². The molecule has 6 heteroatoms. The summed E-state index contributed by atoms with van der Waals surface area (Å²) < 4.78 is 5.71. The summed E-state index contributed by atoms with van der Waals surface area (Å²) in [5, 5.41) is 3.74. The fraction of sp³-hybridized carbons (Fsp3) is 0.316. The van der Waals surface area contributed by atoms with Crippen molar-refractivity contribution in [1.29, 1.82) is 0 Å². The van der Waals surface area contributed by atoms with Crippen molar-refractivity contribution in [1.82, 2.24) is 5.32 Å². The zero-order valence-electron chi connectivity index (χ0n) is 13.7. The Morgan fingerprint density at radius 3 is 2.52 bits per heavy atom. The molecule has 0 aromatic heterocycles. The van der Waals surface area contributed by atoms with Crippen molar-refractivity contribution < 1.29 is 9.53 Å². The molecule has 1 unspecified atom stereocenters. The number of halogens is 2. The van der Waals surface area contributed by atoms with Crippen molar-refractivity contribution >= 4 is 29.9 Å². The van der Waals surface area contributed by atoms with E-state index in [1.165, 1.54) is 0 Å².